The van der Waals surface area contributed by atoms with Crippen LogP contribution in [0.4, 0.5) is 0 Å². The number of nitrogens with two attached hydrogens (primary N) is 1. The zero-order valence-corrected chi connectivity index (χ0v) is 28.1. The molecule has 8 atom stereocenters. The molecule has 0 aromatic heterocycles. The molecule has 4 saturated carbocycles. The molecule has 6 heteroatoms. The van der Waals surface area contributed by atoms with Crippen molar-refractivity contribution in [2.24, 2.45) is 56.0 Å². The molecule has 0 unspecified atom stereocenters. The maximum atomic E-state index is 14.1. The first kappa shape index (κ1) is 32.0. The zero-order valence-electron chi connectivity index (χ0n) is 28.1. The monoisotopic (exact) mass is 583 g/mol. The van der Waals surface area contributed by atoms with Gasteiger partial charge in [-0.05, 0) is 104 Å². The van der Waals surface area contributed by atoms with Crippen LogP contribution >= 0.6 is 0 Å². The van der Waals surface area contributed by atoms with Gasteiger partial charge < -0.3 is 21.1 Å². The molecular formula is C36H61N3O3. The van der Waals surface area contributed by atoms with Crippen LogP contribution in [0, 0.1) is 50.2 Å². The highest BCUT2D eigenvalue weighted by Crippen LogP contribution is 2.75. The highest BCUT2D eigenvalue weighted by atomic mass is 16.5. The average molecular weight is 584 g/mol. The smallest absolute Gasteiger partial charge is 0.302 e. The Kier molecular flexibility index (Phi) is 8.30. The van der Waals surface area contributed by atoms with Gasteiger partial charge in [-0.1, -0.05) is 60.1 Å². The van der Waals surface area contributed by atoms with Gasteiger partial charge in [0, 0.05) is 38.5 Å². The lowest BCUT2D eigenvalue weighted by atomic mass is 9.33. The van der Waals surface area contributed by atoms with Crippen LogP contribution in [-0.2, 0) is 14.3 Å². The number of esters is 1. The molecule has 0 radical (unpaired) electrons. The summed E-state index contributed by atoms with van der Waals surface area (Å²) in [5, 5.41) is 6.70. The van der Waals surface area contributed by atoms with E-state index in [4.69, 9.17) is 10.5 Å². The number of hydrogen-bond donors (Lipinski definition) is 3. The largest absolute Gasteiger partial charge is 0.462 e. The van der Waals surface area contributed by atoms with Gasteiger partial charge in [-0.2, -0.15) is 0 Å². The lowest BCUT2D eigenvalue weighted by molar-refractivity contribution is -0.212. The van der Waals surface area contributed by atoms with Crippen molar-refractivity contribution in [2.45, 2.75) is 126 Å². The third-order valence-electron chi connectivity index (χ3n) is 14.2. The summed E-state index contributed by atoms with van der Waals surface area (Å²) in [5.74, 6) is 1.59. The van der Waals surface area contributed by atoms with E-state index in [9.17, 15) is 9.59 Å². The summed E-state index contributed by atoms with van der Waals surface area (Å²) < 4.78 is 5.93. The Balaban J connectivity index is 1.47. The molecule has 0 heterocycles. The molecule has 42 heavy (non-hydrogen) atoms. The summed E-state index contributed by atoms with van der Waals surface area (Å²) in [6, 6.07) is 0. The van der Waals surface area contributed by atoms with Crippen LogP contribution < -0.4 is 16.4 Å². The Hall–Kier alpha value is -1.40. The third kappa shape index (κ3) is 4.80. The molecule has 238 valence electrons. The predicted octanol–water partition coefficient (Wildman–Crippen LogP) is 6.38. The average Bonchev–Trinajstić information content (AvgIpc) is 2.90. The Morgan fingerprint density at radius 2 is 1.62 bits per heavy atom. The highest BCUT2D eigenvalue weighted by molar-refractivity contribution is 5.84. The van der Waals surface area contributed by atoms with E-state index in [1.807, 2.05) is 0 Å². The van der Waals surface area contributed by atoms with Crippen LogP contribution in [0.5, 0.6) is 0 Å². The van der Waals surface area contributed by atoms with E-state index in [1.165, 1.54) is 12.8 Å². The third-order valence-corrected chi connectivity index (χ3v) is 14.2. The molecular weight excluding hydrogens is 522 g/mol. The number of rotatable bonds is 7. The lowest BCUT2D eigenvalue weighted by Crippen LogP contribution is -2.65. The topological polar surface area (TPSA) is 93.5 Å². The van der Waals surface area contributed by atoms with E-state index in [0.717, 1.165) is 64.5 Å². The molecule has 0 aliphatic heterocycles. The summed E-state index contributed by atoms with van der Waals surface area (Å²) in [5.41, 5.74) is 7.70. The van der Waals surface area contributed by atoms with Gasteiger partial charge in [0.15, 0.2) is 0 Å². The number of allylic oxidation sites excluding steroid dienone is 2. The Labute approximate surface area is 256 Å². The van der Waals surface area contributed by atoms with Crippen molar-refractivity contribution in [3.8, 4) is 0 Å². The number of ether oxygens (including phenoxy) is 1. The number of fused-ring (bicyclic) bond motifs is 7. The number of amides is 1. The summed E-state index contributed by atoms with van der Waals surface area (Å²) in [4.78, 5) is 26.1. The molecule has 5 aliphatic carbocycles. The van der Waals surface area contributed by atoms with E-state index in [0.29, 0.717) is 30.8 Å². The van der Waals surface area contributed by atoms with E-state index < -0.39 is 0 Å². The van der Waals surface area contributed by atoms with Crippen molar-refractivity contribution < 1.29 is 14.3 Å². The van der Waals surface area contributed by atoms with Gasteiger partial charge in [-0.3, -0.25) is 9.59 Å². The Morgan fingerprint density at radius 1 is 0.905 bits per heavy atom. The normalized spacial score (nSPS) is 43.5. The van der Waals surface area contributed by atoms with Crippen LogP contribution in [-0.4, -0.2) is 44.2 Å². The number of carbonyl (C=O) groups excluding carboxylic acids is 2. The van der Waals surface area contributed by atoms with Gasteiger partial charge in [0.2, 0.25) is 5.91 Å². The second-order valence-corrected chi connectivity index (χ2v) is 17.1. The molecule has 0 bridgehead atoms. The number of hydrogen-bond acceptors (Lipinski definition) is 5. The molecule has 4 N–H and O–H groups in total. The fourth-order valence-corrected chi connectivity index (χ4v) is 11.7. The Morgan fingerprint density at radius 3 is 2.31 bits per heavy atom. The van der Waals surface area contributed by atoms with Crippen molar-refractivity contribution in [1.82, 2.24) is 10.6 Å². The van der Waals surface area contributed by atoms with Crippen LogP contribution in [0.1, 0.15) is 120 Å². The fraction of sp³-hybridized carbons (Fsp3) is 0.889. The first-order valence-electron chi connectivity index (χ1n) is 17.1. The van der Waals surface area contributed by atoms with E-state index >= 15 is 0 Å². The molecule has 0 spiro atoms. The highest BCUT2D eigenvalue weighted by Gasteiger charge is 2.69. The summed E-state index contributed by atoms with van der Waals surface area (Å²) in [6.07, 6.45) is 13.6. The van der Waals surface area contributed by atoms with Crippen molar-refractivity contribution in [3.63, 3.8) is 0 Å². The van der Waals surface area contributed by atoms with E-state index in [2.05, 4.69) is 65.2 Å². The molecule has 4 fully saturated rings. The maximum absolute atomic E-state index is 14.1. The Bertz CT molecular complexity index is 1100. The first-order valence-corrected chi connectivity index (χ1v) is 17.1. The number of carbonyl (C=O) groups is 2. The van der Waals surface area contributed by atoms with Crippen LogP contribution in [0.15, 0.2) is 11.6 Å². The van der Waals surface area contributed by atoms with Crippen molar-refractivity contribution in [3.05, 3.63) is 11.6 Å². The molecule has 5 rings (SSSR count). The SMILES string of the molecule is CC(=O)O[C@H]1CC[C@]2(C)[C@H]3CC=C4[C@@H]5CC(C)(C)CC[C@]5(C(=O)NCCNCCN)CC[C@@]4(C)[C@]3(C)CC[C@H]2C1(C)C. The van der Waals surface area contributed by atoms with Crippen LogP contribution in [0.3, 0.4) is 0 Å². The summed E-state index contributed by atoms with van der Waals surface area (Å²) in [6.45, 7) is 21.7. The molecule has 1 amide bonds. The standard InChI is InChI=1S/C36H61N3O3/c1-24(40)42-29-12-13-33(6)27(32(29,4)5)11-14-35(8)28(33)10-9-25-26-23-31(2,3)15-17-36(26,18-16-34(25,35)7)30(41)39-22-21-38-20-19-37/h9,26-29,38H,10-23,37H2,1-8H3,(H,39,41)/t26-,27-,28+,29-,33-,34+,35+,36-/m0/s1. The molecule has 5 aliphatic rings. The lowest BCUT2D eigenvalue weighted by Gasteiger charge is -2.71. The maximum Gasteiger partial charge on any atom is 0.302 e. The minimum Gasteiger partial charge on any atom is -0.462 e. The molecule has 6 nitrogen and oxygen atoms in total. The summed E-state index contributed by atoms with van der Waals surface area (Å²) in [7, 11) is 0. The number of nitrogens with one attached hydrogen (secondary N) is 2. The minimum absolute atomic E-state index is 0.00602. The predicted molar refractivity (Wildman–Crippen MR) is 170 cm³/mol. The summed E-state index contributed by atoms with van der Waals surface area (Å²) >= 11 is 0. The quantitative estimate of drug-likeness (QED) is 0.184. The van der Waals surface area contributed by atoms with Crippen LogP contribution in [0.25, 0.3) is 0 Å². The van der Waals surface area contributed by atoms with Crippen molar-refractivity contribution in [1.29, 1.82) is 0 Å². The van der Waals surface area contributed by atoms with Gasteiger partial charge in [0.1, 0.15) is 6.10 Å². The van der Waals surface area contributed by atoms with Crippen LogP contribution in [0.2, 0.25) is 0 Å². The molecule has 0 saturated heterocycles. The van der Waals surface area contributed by atoms with Gasteiger partial charge in [0.25, 0.3) is 0 Å². The van der Waals surface area contributed by atoms with Gasteiger partial charge in [-0.15, -0.1) is 0 Å². The van der Waals surface area contributed by atoms with E-state index in [-0.39, 0.29) is 50.5 Å². The van der Waals surface area contributed by atoms with Gasteiger partial charge in [-0.25, -0.2) is 0 Å². The second kappa shape index (κ2) is 10.9. The molecule has 0 aromatic rings. The van der Waals surface area contributed by atoms with Crippen molar-refractivity contribution in [2.75, 3.05) is 26.2 Å². The second-order valence-electron chi connectivity index (χ2n) is 17.1. The minimum atomic E-state index is -0.289. The van der Waals surface area contributed by atoms with E-state index in [1.54, 1.807) is 12.5 Å². The van der Waals surface area contributed by atoms with Gasteiger partial charge in [0.05, 0.1) is 5.41 Å². The zero-order chi connectivity index (χ0) is 30.8. The van der Waals surface area contributed by atoms with Gasteiger partial charge >= 0.3 is 5.97 Å². The van der Waals surface area contributed by atoms with Crippen molar-refractivity contribution >= 4 is 11.9 Å². The fourth-order valence-electron chi connectivity index (χ4n) is 11.7. The first-order chi connectivity index (χ1) is 19.6. The molecule has 0 aromatic carbocycles.